The maximum absolute atomic E-state index is 12.0. The van der Waals surface area contributed by atoms with Crippen LogP contribution in [0.5, 0.6) is 5.75 Å². The normalized spacial score (nSPS) is 19.9. The molecule has 164 valence electrons. The fourth-order valence-corrected chi connectivity index (χ4v) is 3.63. The highest BCUT2D eigenvalue weighted by Crippen LogP contribution is 2.31. The first-order chi connectivity index (χ1) is 14.9. The molecule has 4 rings (SSSR count). The molecule has 1 amide bonds. The van der Waals surface area contributed by atoms with Crippen molar-refractivity contribution in [3.63, 3.8) is 0 Å². The standard InChI is InChI=1S/C23H28BNO6/c1-23(2,3)29-22(26)25-12-20-18-10-7-11-19-21(18)24(31-20)30-17(15-28-19)14-27-13-16-8-5-4-6-9-16/h4-11,17,20H,12-15H2,1-3H3,(H,25,26). The highest BCUT2D eigenvalue weighted by molar-refractivity contribution is 6.64. The van der Waals surface area contributed by atoms with Crippen LogP contribution >= 0.6 is 0 Å². The van der Waals surface area contributed by atoms with Crippen LogP contribution < -0.4 is 15.5 Å². The predicted octanol–water partition coefficient (Wildman–Crippen LogP) is 2.97. The molecule has 8 heteroatoms. The molecule has 0 saturated carbocycles. The molecule has 2 aliphatic heterocycles. The molecule has 0 spiro atoms. The SMILES string of the molecule is CC(C)(C)OC(=O)NCC1OB2OC(COCc3ccccc3)COc3cccc1c32. The van der Waals surface area contributed by atoms with Crippen LogP contribution in [-0.4, -0.2) is 44.7 Å². The Bertz CT molecular complexity index is 901. The van der Waals surface area contributed by atoms with Gasteiger partial charge in [0.05, 0.1) is 19.3 Å². The van der Waals surface area contributed by atoms with Gasteiger partial charge in [-0.2, -0.15) is 0 Å². The third-order valence-corrected chi connectivity index (χ3v) is 4.96. The van der Waals surface area contributed by atoms with E-state index in [0.717, 1.165) is 22.3 Å². The molecule has 0 radical (unpaired) electrons. The molecule has 2 unspecified atom stereocenters. The Labute approximate surface area is 183 Å². The van der Waals surface area contributed by atoms with E-state index in [4.69, 9.17) is 23.5 Å². The third kappa shape index (κ3) is 5.58. The van der Waals surface area contributed by atoms with Crippen LogP contribution in [0.1, 0.15) is 38.0 Å². The van der Waals surface area contributed by atoms with E-state index in [2.05, 4.69) is 5.32 Å². The van der Waals surface area contributed by atoms with E-state index in [-0.39, 0.29) is 18.8 Å². The average molecular weight is 425 g/mol. The number of carbonyl (C=O) groups excluding carboxylic acids is 1. The van der Waals surface area contributed by atoms with Crippen molar-refractivity contribution < 1.29 is 28.3 Å². The number of benzene rings is 2. The molecule has 0 bridgehead atoms. The second-order valence-corrected chi connectivity index (χ2v) is 8.67. The first kappa shape index (κ1) is 21.7. The Balaban J connectivity index is 1.36. The number of amides is 1. The van der Waals surface area contributed by atoms with Gasteiger partial charge in [-0.25, -0.2) is 4.79 Å². The third-order valence-electron chi connectivity index (χ3n) is 4.96. The van der Waals surface area contributed by atoms with Gasteiger partial charge < -0.3 is 28.8 Å². The number of hydrogen-bond donors (Lipinski definition) is 1. The maximum Gasteiger partial charge on any atom is 0.499 e. The van der Waals surface area contributed by atoms with Gasteiger partial charge in [-0.3, -0.25) is 0 Å². The molecule has 7 nitrogen and oxygen atoms in total. The molecular formula is C23H28BNO6. The molecule has 0 aromatic heterocycles. The summed E-state index contributed by atoms with van der Waals surface area (Å²) in [6, 6.07) is 15.8. The molecule has 2 heterocycles. The number of rotatable bonds is 6. The first-order valence-corrected chi connectivity index (χ1v) is 10.5. The Kier molecular flexibility index (Phi) is 6.50. The number of ether oxygens (including phenoxy) is 3. The van der Waals surface area contributed by atoms with E-state index in [9.17, 15) is 4.79 Å². The number of alkyl carbamates (subject to hydrolysis) is 1. The second kappa shape index (κ2) is 9.30. The highest BCUT2D eigenvalue weighted by Gasteiger charge is 2.43. The quantitative estimate of drug-likeness (QED) is 0.718. The van der Waals surface area contributed by atoms with Crippen LogP contribution in [0, 0.1) is 0 Å². The topological polar surface area (TPSA) is 75.3 Å². The molecule has 0 fully saturated rings. The van der Waals surface area contributed by atoms with Crippen molar-refractivity contribution in [2.24, 2.45) is 0 Å². The van der Waals surface area contributed by atoms with Crippen molar-refractivity contribution in [2.45, 2.75) is 45.2 Å². The summed E-state index contributed by atoms with van der Waals surface area (Å²) < 4.78 is 29.5. The summed E-state index contributed by atoms with van der Waals surface area (Å²) in [6.45, 7) is 7.03. The van der Waals surface area contributed by atoms with E-state index < -0.39 is 18.8 Å². The maximum atomic E-state index is 12.0. The van der Waals surface area contributed by atoms with Gasteiger partial charge in [0.15, 0.2) is 0 Å². The minimum Gasteiger partial charge on any atom is -0.491 e. The summed E-state index contributed by atoms with van der Waals surface area (Å²) >= 11 is 0. The predicted molar refractivity (Wildman–Crippen MR) is 116 cm³/mol. The monoisotopic (exact) mass is 425 g/mol. The Morgan fingerprint density at radius 1 is 1.13 bits per heavy atom. The minimum absolute atomic E-state index is 0.272. The van der Waals surface area contributed by atoms with Crippen molar-refractivity contribution in [3.8, 4) is 5.75 Å². The average Bonchev–Trinajstić information content (AvgIpc) is 2.97. The lowest BCUT2D eigenvalue weighted by atomic mass is 9.77. The van der Waals surface area contributed by atoms with Crippen molar-refractivity contribution in [2.75, 3.05) is 19.8 Å². The summed E-state index contributed by atoms with van der Waals surface area (Å²) in [6.07, 6.45) is -1.10. The van der Waals surface area contributed by atoms with Crippen molar-refractivity contribution in [3.05, 3.63) is 59.7 Å². The van der Waals surface area contributed by atoms with Gasteiger partial charge >= 0.3 is 13.2 Å². The Hall–Kier alpha value is -2.55. The summed E-state index contributed by atoms with van der Waals surface area (Å²) in [5.74, 6) is 0.743. The lowest BCUT2D eigenvalue weighted by Gasteiger charge is -2.22. The molecule has 31 heavy (non-hydrogen) atoms. The molecule has 0 aliphatic carbocycles. The van der Waals surface area contributed by atoms with Gasteiger partial charge in [-0.1, -0.05) is 42.5 Å². The number of nitrogens with one attached hydrogen (secondary N) is 1. The zero-order valence-corrected chi connectivity index (χ0v) is 18.1. The largest absolute Gasteiger partial charge is 0.499 e. The fraction of sp³-hybridized carbons (Fsp3) is 0.435. The molecule has 2 aliphatic rings. The lowest BCUT2D eigenvalue weighted by Crippen LogP contribution is -2.38. The van der Waals surface area contributed by atoms with Crippen LogP contribution in [0.15, 0.2) is 48.5 Å². The Morgan fingerprint density at radius 2 is 1.94 bits per heavy atom. The molecule has 2 aromatic carbocycles. The van der Waals surface area contributed by atoms with Crippen LogP contribution in [0.4, 0.5) is 4.79 Å². The summed E-state index contributed by atoms with van der Waals surface area (Å²) in [5.41, 5.74) is 2.38. The second-order valence-electron chi connectivity index (χ2n) is 8.67. The summed E-state index contributed by atoms with van der Waals surface area (Å²) in [4.78, 5) is 12.0. The van der Waals surface area contributed by atoms with Crippen LogP contribution in [0.2, 0.25) is 0 Å². The molecule has 1 N–H and O–H groups in total. The summed E-state index contributed by atoms with van der Waals surface area (Å²) in [5, 5.41) is 2.78. The number of hydrogen-bond acceptors (Lipinski definition) is 6. The minimum atomic E-state index is -0.565. The molecular weight excluding hydrogens is 397 g/mol. The zero-order chi connectivity index (χ0) is 21.8. The van der Waals surface area contributed by atoms with Gasteiger partial charge in [0.25, 0.3) is 0 Å². The van der Waals surface area contributed by atoms with Crippen molar-refractivity contribution in [1.29, 1.82) is 0 Å². The zero-order valence-electron chi connectivity index (χ0n) is 18.1. The molecule has 2 aromatic rings. The van der Waals surface area contributed by atoms with Gasteiger partial charge in [0.2, 0.25) is 0 Å². The van der Waals surface area contributed by atoms with E-state index >= 15 is 0 Å². The first-order valence-electron chi connectivity index (χ1n) is 10.5. The fourth-order valence-electron chi connectivity index (χ4n) is 3.63. The highest BCUT2D eigenvalue weighted by atomic mass is 16.6. The van der Waals surface area contributed by atoms with E-state index in [1.165, 1.54) is 0 Å². The number of carbonyl (C=O) groups is 1. The van der Waals surface area contributed by atoms with Crippen molar-refractivity contribution in [1.82, 2.24) is 5.32 Å². The van der Waals surface area contributed by atoms with Crippen molar-refractivity contribution >= 4 is 18.7 Å². The van der Waals surface area contributed by atoms with Gasteiger partial charge in [-0.15, -0.1) is 0 Å². The lowest BCUT2D eigenvalue weighted by molar-refractivity contribution is 0.00629. The molecule has 0 saturated heterocycles. The summed E-state index contributed by atoms with van der Waals surface area (Å²) in [7, 11) is -0.565. The van der Waals surface area contributed by atoms with E-state index in [1.54, 1.807) is 0 Å². The van der Waals surface area contributed by atoms with Gasteiger partial charge in [0.1, 0.15) is 24.1 Å². The van der Waals surface area contributed by atoms with Crippen LogP contribution in [-0.2, 0) is 25.4 Å². The molecule has 2 atom stereocenters. The van der Waals surface area contributed by atoms with Gasteiger partial charge in [0, 0.05) is 12.0 Å². The Morgan fingerprint density at radius 3 is 2.71 bits per heavy atom. The van der Waals surface area contributed by atoms with Crippen LogP contribution in [0.3, 0.4) is 0 Å². The van der Waals surface area contributed by atoms with E-state index in [0.29, 0.717) is 19.8 Å². The van der Waals surface area contributed by atoms with Gasteiger partial charge in [-0.05, 0) is 38.0 Å². The van der Waals surface area contributed by atoms with E-state index in [1.807, 2.05) is 69.3 Å². The van der Waals surface area contributed by atoms with Crippen LogP contribution in [0.25, 0.3) is 0 Å². The smallest absolute Gasteiger partial charge is 0.491 e.